The molecule has 0 bridgehead atoms. The Morgan fingerprint density at radius 2 is 1.97 bits per heavy atom. The lowest BCUT2D eigenvalue weighted by Crippen LogP contribution is -2.21. The van der Waals surface area contributed by atoms with E-state index in [0.29, 0.717) is 21.4 Å². The van der Waals surface area contributed by atoms with Crippen LogP contribution in [0.5, 0.6) is 0 Å². The molecule has 0 fully saturated rings. The van der Waals surface area contributed by atoms with Crippen molar-refractivity contribution < 1.29 is 13.6 Å². The van der Waals surface area contributed by atoms with Gasteiger partial charge in [-0.1, -0.05) is 42.1 Å². The Balaban J connectivity index is 1.59. The molecule has 9 heteroatoms. The molecule has 4 aromatic rings. The second kappa shape index (κ2) is 8.37. The summed E-state index contributed by atoms with van der Waals surface area (Å²) in [6, 6.07) is 12.5. The summed E-state index contributed by atoms with van der Waals surface area (Å²) in [5.74, 6) is -2.16. The Bertz CT molecular complexity index is 1300. The summed E-state index contributed by atoms with van der Waals surface area (Å²) in [5.41, 5.74) is 2.09. The van der Waals surface area contributed by atoms with Gasteiger partial charge in [0.15, 0.2) is 5.16 Å². The summed E-state index contributed by atoms with van der Waals surface area (Å²) in [6.07, 6.45) is 0. The van der Waals surface area contributed by atoms with Gasteiger partial charge in [0.05, 0.1) is 17.0 Å². The van der Waals surface area contributed by atoms with E-state index in [1.54, 1.807) is 7.05 Å². The van der Waals surface area contributed by atoms with Crippen LogP contribution in [0.25, 0.3) is 21.3 Å². The van der Waals surface area contributed by atoms with Crippen molar-refractivity contribution in [1.82, 2.24) is 9.55 Å². The number of hydrogen-bond acceptors (Lipinski definition) is 5. The second-order valence-corrected chi connectivity index (χ2v) is 8.23. The quantitative estimate of drug-likeness (QED) is 0.360. The summed E-state index contributed by atoms with van der Waals surface area (Å²) < 4.78 is 28.6. The van der Waals surface area contributed by atoms with Gasteiger partial charge in [-0.15, -0.1) is 11.3 Å². The number of halogens is 2. The highest BCUT2D eigenvalue weighted by Crippen LogP contribution is 2.32. The maximum Gasteiger partial charge on any atom is 0.271 e. The van der Waals surface area contributed by atoms with Crippen LogP contribution < -0.4 is 10.9 Å². The van der Waals surface area contributed by atoms with Crippen molar-refractivity contribution in [2.24, 2.45) is 7.05 Å². The molecule has 4 rings (SSSR count). The molecule has 1 amide bonds. The van der Waals surface area contributed by atoms with Gasteiger partial charge in [0.25, 0.3) is 5.56 Å². The van der Waals surface area contributed by atoms with Gasteiger partial charge in [-0.05, 0) is 17.7 Å². The smallest absolute Gasteiger partial charge is 0.271 e. The standard InChI is InChI=1S/C21H15F2N3O2S2/c1-26-20(28)19-18(14(10-29-19)12-5-3-2-4-6-12)25-21(26)30-11-17(27)24-16-8-7-13(22)9-15(16)23/h2-10H,11H2,1H3,(H,24,27). The number of rotatable bonds is 5. The molecular weight excluding hydrogens is 428 g/mol. The van der Waals surface area contributed by atoms with E-state index in [1.807, 2.05) is 35.7 Å². The molecule has 152 valence electrons. The summed E-state index contributed by atoms with van der Waals surface area (Å²) in [4.78, 5) is 29.6. The molecule has 1 N–H and O–H groups in total. The van der Waals surface area contributed by atoms with Gasteiger partial charge >= 0.3 is 0 Å². The van der Waals surface area contributed by atoms with Crippen LogP contribution in [0, 0.1) is 11.6 Å². The largest absolute Gasteiger partial charge is 0.323 e. The fourth-order valence-corrected chi connectivity index (χ4v) is 4.64. The molecule has 0 atom stereocenters. The molecular formula is C21H15F2N3O2S2. The van der Waals surface area contributed by atoms with Gasteiger partial charge < -0.3 is 5.32 Å². The van der Waals surface area contributed by atoms with Crippen molar-refractivity contribution in [2.75, 3.05) is 11.1 Å². The zero-order chi connectivity index (χ0) is 21.3. The van der Waals surface area contributed by atoms with E-state index in [1.165, 1.54) is 15.9 Å². The van der Waals surface area contributed by atoms with E-state index in [2.05, 4.69) is 10.3 Å². The zero-order valence-corrected chi connectivity index (χ0v) is 17.3. The third kappa shape index (κ3) is 3.99. The summed E-state index contributed by atoms with van der Waals surface area (Å²) in [7, 11) is 1.59. The summed E-state index contributed by atoms with van der Waals surface area (Å²) in [5, 5.41) is 4.67. The molecule has 0 saturated carbocycles. The van der Waals surface area contributed by atoms with E-state index >= 15 is 0 Å². The monoisotopic (exact) mass is 443 g/mol. The topological polar surface area (TPSA) is 64.0 Å². The Morgan fingerprint density at radius 3 is 2.70 bits per heavy atom. The molecule has 2 aromatic heterocycles. The summed E-state index contributed by atoms with van der Waals surface area (Å²) in [6.45, 7) is 0. The third-order valence-electron chi connectivity index (χ3n) is 4.38. The number of carbonyl (C=O) groups excluding carboxylic acids is 1. The molecule has 0 spiro atoms. The summed E-state index contributed by atoms with van der Waals surface area (Å²) >= 11 is 2.40. The highest BCUT2D eigenvalue weighted by molar-refractivity contribution is 7.99. The van der Waals surface area contributed by atoms with Gasteiger partial charge in [-0.3, -0.25) is 14.2 Å². The maximum absolute atomic E-state index is 13.7. The fourth-order valence-electron chi connectivity index (χ4n) is 2.88. The Labute approximate surface area is 178 Å². The van der Waals surface area contributed by atoms with Crippen LogP contribution in [-0.2, 0) is 11.8 Å². The highest BCUT2D eigenvalue weighted by atomic mass is 32.2. The van der Waals surface area contributed by atoms with E-state index < -0.39 is 17.5 Å². The van der Waals surface area contributed by atoms with E-state index in [9.17, 15) is 18.4 Å². The molecule has 5 nitrogen and oxygen atoms in total. The van der Waals surface area contributed by atoms with E-state index in [4.69, 9.17) is 0 Å². The van der Waals surface area contributed by atoms with Crippen LogP contribution in [0.2, 0.25) is 0 Å². The van der Waals surface area contributed by atoms with E-state index in [-0.39, 0.29) is 17.0 Å². The lowest BCUT2D eigenvalue weighted by molar-refractivity contribution is -0.113. The second-order valence-electron chi connectivity index (χ2n) is 6.41. The molecule has 2 heterocycles. The number of amides is 1. The lowest BCUT2D eigenvalue weighted by atomic mass is 10.1. The first-order valence-corrected chi connectivity index (χ1v) is 10.7. The predicted octanol–water partition coefficient (Wildman–Crippen LogP) is 4.67. The normalized spacial score (nSPS) is 11.0. The Morgan fingerprint density at radius 1 is 1.20 bits per heavy atom. The minimum absolute atomic E-state index is 0.0899. The van der Waals surface area contributed by atoms with Gasteiger partial charge in [0.2, 0.25) is 5.91 Å². The predicted molar refractivity (Wildman–Crippen MR) is 116 cm³/mol. The number of thiophene rings is 1. The number of carbonyl (C=O) groups is 1. The number of thioether (sulfide) groups is 1. The van der Waals surface area contributed by atoms with Crippen LogP contribution in [0.1, 0.15) is 0 Å². The van der Waals surface area contributed by atoms with Crippen molar-refractivity contribution in [1.29, 1.82) is 0 Å². The van der Waals surface area contributed by atoms with Gasteiger partial charge in [0, 0.05) is 24.1 Å². The molecule has 0 radical (unpaired) electrons. The first kappa shape index (κ1) is 20.2. The molecule has 30 heavy (non-hydrogen) atoms. The minimum Gasteiger partial charge on any atom is -0.323 e. The van der Waals surface area contributed by atoms with Crippen LogP contribution in [0.15, 0.2) is 63.9 Å². The highest BCUT2D eigenvalue weighted by Gasteiger charge is 2.16. The lowest BCUT2D eigenvalue weighted by Gasteiger charge is -2.09. The van der Waals surface area contributed by atoms with Crippen LogP contribution in [-0.4, -0.2) is 21.2 Å². The first-order valence-electron chi connectivity index (χ1n) is 8.85. The number of anilines is 1. The number of hydrogen-bond donors (Lipinski definition) is 1. The average Bonchev–Trinajstić information content (AvgIpc) is 3.16. The zero-order valence-electron chi connectivity index (χ0n) is 15.7. The maximum atomic E-state index is 13.7. The Kier molecular flexibility index (Phi) is 5.65. The first-order chi connectivity index (χ1) is 14.4. The fraction of sp³-hybridized carbons (Fsp3) is 0.0952. The number of nitrogens with one attached hydrogen (secondary N) is 1. The van der Waals surface area contributed by atoms with Crippen LogP contribution >= 0.6 is 23.1 Å². The van der Waals surface area contributed by atoms with Crippen molar-refractivity contribution >= 4 is 44.9 Å². The van der Waals surface area contributed by atoms with Gasteiger partial charge in [0.1, 0.15) is 16.3 Å². The van der Waals surface area contributed by atoms with E-state index in [0.717, 1.165) is 35.0 Å². The Hall–Kier alpha value is -3.04. The van der Waals surface area contributed by atoms with Crippen molar-refractivity contribution in [3.05, 3.63) is 75.9 Å². The van der Waals surface area contributed by atoms with Crippen molar-refractivity contribution in [3.8, 4) is 11.1 Å². The van der Waals surface area contributed by atoms with Gasteiger partial charge in [-0.25, -0.2) is 13.8 Å². The van der Waals surface area contributed by atoms with Crippen molar-refractivity contribution in [3.63, 3.8) is 0 Å². The molecule has 0 unspecified atom stereocenters. The molecule has 0 aliphatic rings. The number of aromatic nitrogens is 2. The SMILES string of the molecule is Cn1c(SCC(=O)Nc2ccc(F)cc2F)nc2c(-c3ccccc3)csc2c1=O. The third-order valence-corrected chi connectivity index (χ3v) is 6.37. The number of fused-ring (bicyclic) bond motifs is 1. The van der Waals surface area contributed by atoms with Crippen LogP contribution in [0.3, 0.4) is 0 Å². The van der Waals surface area contributed by atoms with Crippen LogP contribution in [0.4, 0.5) is 14.5 Å². The number of benzene rings is 2. The molecule has 0 saturated heterocycles. The molecule has 2 aromatic carbocycles. The molecule has 0 aliphatic carbocycles. The van der Waals surface area contributed by atoms with Crippen molar-refractivity contribution in [2.45, 2.75) is 5.16 Å². The minimum atomic E-state index is -0.855. The average molecular weight is 444 g/mol. The van der Waals surface area contributed by atoms with Gasteiger partial charge in [-0.2, -0.15) is 0 Å². The molecule has 0 aliphatic heterocycles. The number of nitrogens with zero attached hydrogens (tertiary/aromatic N) is 2.